The summed E-state index contributed by atoms with van der Waals surface area (Å²) >= 11 is 0. The van der Waals surface area contributed by atoms with Crippen LogP contribution < -0.4 is 15.4 Å². The molecule has 1 amide bonds. The minimum absolute atomic E-state index is 0.167. The Kier molecular flexibility index (Phi) is 6.97. The summed E-state index contributed by atoms with van der Waals surface area (Å²) < 4.78 is 5.13. The maximum absolute atomic E-state index is 12.2. The standard InChI is InChI=1S/C15H24N2O2/c1-3-4-6-15(18)17(12-5-11-16)13-7-9-14(19-2)10-8-13/h7-10H,3-6,11-12,16H2,1-2H3. The number of rotatable bonds is 8. The second-order valence-electron chi connectivity index (χ2n) is 4.49. The lowest BCUT2D eigenvalue weighted by atomic mass is 10.2. The Morgan fingerprint density at radius 3 is 2.47 bits per heavy atom. The van der Waals surface area contributed by atoms with Crippen LogP contribution in [0.1, 0.15) is 32.6 Å². The molecule has 0 atom stereocenters. The Labute approximate surface area is 115 Å². The quantitative estimate of drug-likeness (QED) is 0.785. The van der Waals surface area contributed by atoms with Gasteiger partial charge in [0.2, 0.25) is 5.91 Å². The number of carbonyl (C=O) groups is 1. The molecule has 1 aromatic carbocycles. The molecule has 0 fully saturated rings. The summed E-state index contributed by atoms with van der Waals surface area (Å²) in [5.74, 6) is 0.962. The van der Waals surface area contributed by atoms with E-state index in [9.17, 15) is 4.79 Å². The van der Waals surface area contributed by atoms with Gasteiger partial charge in [0.1, 0.15) is 5.75 Å². The number of unbranched alkanes of at least 4 members (excludes halogenated alkanes) is 1. The highest BCUT2D eigenvalue weighted by Crippen LogP contribution is 2.20. The fraction of sp³-hybridized carbons (Fsp3) is 0.533. The van der Waals surface area contributed by atoms with E-state index < -0.39 is 0 Å². The third kappa shape index (κ3) is 4.91. The Bertz CT molecular complexity index is 376. The fourth-order valence-corrected chi connectivity index (χ4v) is 1.87. The molecule has 0 heterocycles. The van der Waals surface area contributed by atoms with Crippen molar-refractivity contribution in [3.8, 4) is 5.75 Å². The average Bonchev–Trinajstić information content (AvgIpc) is 2.46. The van der Waals surface area contributed by atoms with Crippen LogP contribution in [0.5, 0.6) is 5.75 Å². The topological polar surface area (TPSA) is 55.6 Å². The zero-order valence-corrected chi connectivity index (χ0v) is 11.9. The summed E-state index contributed by atoms with van der Waals surface area (Å²) in [7, 11) is 1.63. The molecule has 106 valence electrons. The molecule has 0 aliphatic carbocycles. The fourth-order valence-electron chi connectivity index (χ4n) is 1.87. The van der Waals surface area contributed by atoms with E-state index in [1.54, 1.807) is 7.11 Å². The first-order valence-corrected chi connectivity index (χ1v) is 6.87. The van der Waals surface area contributed by atoms with Crippen molar-refractivity contribution in [1.29, 1.82) is 0 Å². The maximum atomic E-state index is 12.2. The van der Waals surface area contributed by atoms with E-state index in [1.165, 1.54) is 0 Å². The van der Waals surface area contributed by atoms with Gasteiger partial charge >= 0.3 is 0 Å². The van der Waals surface area contributed by atoms with E-state index in [0.29, 0.717) is 19.5 Å². The Balaban J connectivity index is 2.78. The normalized spacial score (nSPS) is 10.3. The van der Waals surface area contributed by atoms with Gasteiger partial charge in [-0.3, -0.25) is 4.79 Å². The predicted octanol–water partition coefficient (Wildman–Crippen LogP) is 2.57. The SMILES string of the molecule is CCCCC(=O)N(CCCN)c1ccc(OC)cc1. The Morgan fingerprint density at radius 2 is 1.95 bits per heavy atom. The van der Waals surface area contributed by atoms with Crippen LogP contribution in [-0.2, 0) is 4.79 Å². The average molecular weight is 264 g/mol. The lowest BCUT2D eigenvalue weighted by molar-refractivity contribution is -0.118. The van der Waals surface area contributed by atoms with Crippen LogP contribution in [0.3, 0.4) is 0 Å². The molecular formula is C15H24N2O2. The van der Waals surface area contributed by atoms with Gasteiger partial charge in [0.05, 0.1) is 7.11 Å². The minimum Gasteiger partial charge on any atom is -0.497 e. The van der Waals surface area contributed by atoms with Gasteiger partial charge in [0.15, 0.2) is 0 Å². The molecule has 0 unspecified atom stereocenters. The van der Waals surface area contributed by atoms with Crippen LogP contribution in [0.4, 0.5) is 5.69 Å². The van der Waals surface area contributed by atoms with Gasteiger partial charge in [-0.15, -0.1) is 0 Å². The molecule has 0 bridgehead atoms. The maximum Gasteiger partial charge on any atom is 0.226 e. The molecule has 2 N–H and O–H groups in total. The number of benzene rings is 1. The second-order valence-corrected chi connectivity index (χ2v) is 4.49. The number of ether oxygens (including phenoxy) is 1. The second kappa shape index (κ2) is 8.53. The van der Waals surface area contributed by atoms with E-state index in [1.807, 2.05) is 29.2 Å². The van der Waals surface area contributed by atoms with Gasteiger partial charge in [0.25, 0.3) is 0 Å². The molecule has 19 heavy (non-hydrogen) atoms. The molecule has 0 spiro atoms. The molecule has 4 heteroatoms. The highest BCUT2D eigenvalue weighted by atomic mass is 16.5. The molecular weight excluding hydrogens is 240 g/mol. The van der Waals surface area contributed by atoms with Gasteiger partial charge < -0.3 is 15.4 Å². The predicted molar refractivity (Wildman–Crippen MR) is 78.5 cm³/mol. The van der Waals surface area contributed by atoms with Crippen LogP contribution in [0.25, 0.3) is 0 Å². The first kappa shape index (κ1) is 15.5. The molecule has 0 saturated heterocycles. The largest absolute Gasteiger partial charge is 0.497 e. The molecule has 0 aliphatic rings. The van der Waals surface area contributed by atoms with E-state index in [0.717, 1.165) is 30.7 Å². The number of carbonyl (C=O) groups excluding carboxylic acids is 1. The van der Waals surface area contributed by atoms with Crippen LogP contribution in [0, 0.1) is 0 Å². The van der Waals surface area contributed by atoms with Crippen molar-refractivity contribution in [3.63, 3.8) is 0 Å². The molecule has 0 saturated carbocycles. The number of hydrogen-bond donors (Lipinski definition) is 1. The van der Waals surface area contributed by atoms with Gasteiger partial charge in [-0.1, -0.05) is 13.3 Å². The van der Waals surface area contributed by atoms with Crippen LogP contribution in [-0.4, -0.2) is 26.1 Å². The summed E-state index contributed by atoms with van der Waals surface area (Å²) in [6.45, 7) is 3.35. The van der Waals surface area contributed by atoms with Crippen molar-refractivity contribution in [3.05, 3.63) is 24.3 Å². The van der Waals surface area contributed by atoms with Gasteiger partial charge in [-0.2, -0.15) is 0 Å². The minimum atomic E-state index is 0.167. The van der Waals surface area contributed by atoms with Crippen LogP contribution >= 0.6 is 0 Å². The first-order chi connectivity index (χ1) is 9.22. The van der Waals surface area contributed by atoms with Gasteiger partial charge in [0, 0.05) is 18.7 Å². The van der Waals surface area contributed by atoms with Crippen molar-refractivity contribution in [2.24, 2.45) is 5.73 Å². The smallest absolute Gasteiger partial charge is 0.226 e. The van der Waals surface area contributed by atoms with Crippen molar-refractivity contribution in [1.82, 2.24) is 0 Å². The highest BCUT2D eigenvalue weighted by Gasteiger charge is 2.14. The lowest BCUT2D eigenvalue weighted by Gasteiger charge is -2.23. The zero-order chi connectivity index (χ0) is 14.1. The summed E-state index contributed by atoms with van der Waals surface area (Å²) in [5, 5.41) is 0. The molecule has 0 radical (unpaired) electrons. The van der Waals surface area contributed by atoms with E-state index in [-0.39, 0.29) is 5.91 Å². The monoisotopic (exact) mass is 264 g/mol. The number of hydrogen-bond acceptors (Lipinski definition) is 3. The van der Waals surface area contributed by atoms with Crippen molar-refractivity contribution >= 4 is 11.6 Å². The van der Waals surface area contributed by atoms with E-state index in [2.05, 4.69) is 6.92 Å². The number of nitrogens with two attached hydrogens (primary N) is 1. The third-order valence-corrected chi connectivity index (χ3v) is 3.02. The van der Waals surface area contributed by atoms with Crippen LogP contribution in [0.2, 0.25) is 0 Å². The number of anilines is 1. The van der Waals surface area contributed by atoms with Crippen molar-refractivity contribution in [2.45, 2.75) is 32.6 Å². The summed E-state index contributed by atoms with van der Waals surface area (Å²) in [6, 6.07) is 7.58. The van der Waals surface area contributed by atoms with Gasteiger partial charge in [-0.25, -0.2) is 0 Å². The molecule has 0 aromatic heterocycles. The zero-order valence-electron chi connectivity index (χ0n) is 11.9. The summed E-state index contributed by atoms with van der Waals surface area (Å²) in [6.07, 6.45) is 3.35. The lowest BCUT2D eigenvalue weighted by Crippen LogP contribution is -2.32. The number of methoxy groups -OCH3 is 1. The Morgan fingerprint density at radius 1 is 1.26 bits per heavy atom. The van der Waals surface area contributed by atoms with Crippen molar-refractivity contribution in [2.75, 3.05) is 25.1 Å². The third-order valence-electron chi connectivity index (χ3n) is 3.02. The molecule has 0 aliphatic heterocycles. The highest BCUT2D eigenvalue weighted by molar-refractivity contribution is 5.93. The molecule has 1 rings (SSSR count). The van der Waals surface area contributed by atoms with Crippen LogP contribution in [0.15, 0.2) is 24.3 Å². The first-order valence-electron chi connectivity index (χ1n) is 6.87. The summed E-state index contributed by atoms with van der Waals surface area (Å²) in [4.78, 5) is 14.0. The number of nitrogens with zero attached hydrogens (tertiary/aromatic N) is 1. The molecule has 1 aromatic rings. The van der Waals surface area contributed by atoms with Gasteiger partial charge in [-0.05, 0) is 43.7 Å². The Hall–Kier alpha value is -1.55. The van der Waals surface area contributed by atoms with E-state index >= 15 is 0 Å². The summed E-state index contributed by atoms with van der Waals surface area (Å²) in [5.41, 5.74) is 6.46. The molecule has 4 nitrogen and oxygen atoms in total. The number of amides is 1. The van der Waals surface area contributed by atoms with Crippen molar-refractivity contribution < 1.29 is 9.53 Å². The van der Waals surface area contributed by atoms with E-state index in [4.69, 9.17) is 10.5 Å².